The van der Waals surface area contributed by atoms with Gasteiger partial charge in [-0.05, 0) is 55.1 Å². The van der Waals surface area contributed by atoms with Crippen molar-refractivity contribution in [3.8, 4) is 0 Å². The van der Waals surface area contributed by atoms with E-state index in [9.17, 15) is 0 Å². The minimum absolute atomic E-state index is 0.438. The fourth-order valence-electron chi connectivity index (χ4n) is 2.53. The second-order valence-corrected chi connectivity index (χ2v) is 5.82. The van der Waals surface area contributed by atoms with Crippen LogP contribution >= 0.6 is 11.3 Å². The van der Waals surface area contributed by atoms with Crippen LogP contribution in [-0.4, -0.2) is 25.3 Å². The molecule has 0 bridgehead atoms. The highest BCUT2D eigenvalue weighted by molar-refractivity contribution is 7.07. The summed E-state index contributed by atoms with van der Waals surface area (Å²) in [6.07, 6.45) is 3.98. The van der Waals surface area contributed by atoms with Crippen molar-refractivity contribution in [2.75, 3.05) is 13.2 Å². The summed E-state index contributed by atoms with van der Waals surface area (Å²) in [4.78, 5) is 0. The number of thiophene rings is 1. The molecule has 3 unspecified atom stereocenters. The zero-order chi connectivity index (χ0) is 12.1. The molecule has 0 saturated carbocycles. The molecule has 1 aromatic rings. The Hall–Kier alpha value is -0.380. The first-order valence-corrected chi connectivity index (χ1v) is 7.60. The third-order valence-electron chi connectivity index (χ3n) is 3.49. The molecule has 2 nitrogen and oxygen atoms in total. The van der Waals surface area contributed by atoms with E-state index in [1.54, 1.807) is 11.3 Å². The lowest BCUT2D eigenvalue weighted by Gasteiger charge is -2.23. The van der Waals surface area contributed by atoms with Gasteiger partial charge in [-0.3, -0.25) is 0 Å². The molecule has 3 heteroatoms. The van der Waals surface area contributed by atoms with Crippen LogP contribution in [0.2, 0.25) is 0 Å². The molecule has 0 amide bonds. The van der Waals surface area contributed by atoms with Gasteiger partial charge in [0, 0.05) is 12.0 Å². The van der Waals surface area contributed by atoms with E-state index in [1.807, 2.05) is 0 Å². The van der Waals surface area contributed by atoms with Gasteiger partial charge in [0.15, 0.2) is 0 Å². The van der Waals surface area contributed by atoms with Crippen molar-refractivity contribution < 1.29 is 4.74 Å². The molecule has 1 aliphatic heterocycles. The van der Waals surface area contributed by atoms with Crippen LogP contribution in [0.4, 0.5) is 0 Å². The maximum absolute atomic E-state index is 5.71. The van der Waals surface area contributed by atoms with Gasteiger partial charge in [-0.1, -0.05) is 6.92 Å². The topological polar surface area (TPSA) is 21.3 Å². The van der Waals surface area contributed by atoms with Gasteiger partial charge in [-0.2, -0.15) is 11.3 Å². The van der Waals surface area contributed by atoms with Crippen molar-refractivity contribution in [1.29, 1.82) is 0 Å². The molecule has 1 N–H and O–H groups in total. The smallest absolute Gasteiger partial charge is 0.0551 e. The van der Waals surface area contributed by atoms with Gasteiger partial charge in [0.1, 0.15) is 0 Å². The van der Waals surface area contributed by atoms with Gasteiger partial charge in [0.2, 0.25) is 0 Å². The summed E-state index contributed by atoms with van der Waals surface area (Å²) in [6, 6.07) is 2.82. The van der Waals surface area contributed by atoms with E-state index in [0.29, 0.717) is 18.1 Å². The summed E-state index contributed by atoms with van der Waals surface area (Å²) in [7, 11) is 0. The van der Waals surface area contributed by atoms with E-state index in [2.05, 4.69) is 36.0 Å². The van der Waals surface area contributed by atoms with Gasteiger partial charge in [-0.25, -0.2) is 0 Å². The van der Waals surface area contributed by atoms with Crippen molar-refractivity contribution in [2.24, 2.45) is 5.92 Å². The average molecular weight is 253 g/mol. The van der Waals surface area contributed by atoms with Gasteiger partial charge in [-0.15, -0.1) is 0 Å². The lowest BCUT2D eigenvalue weighted by Crippen LogP contribution is -2.38. The number of nitrogens with one attached hydrogen (secondary N) is 1. The fourth-order valence-corrected chi connectivity index (χ4v) is 3.21. The highest BCUT2D eigenvalue weighted by Gasteiger charge is 2.29. The summed E-state index contributed by atoms with van der Waals surface area (Å²) in [5.74, 6) is 0.677. The van der Waals surface area contributed by atoms with Crippen LogP contribution in [0.15, 0.2) is 16.8 Å². The maximum Gasteiger partial charge on any atom is 0.0551 e. The summed E-state index contributed by atoms with van der Waals surface area (Å²) >= 11 is 1.79. The Balaban J connectivity index is 1.92. The lowest BCUT2D eigenvalue weighted by molar-refractivity contribution is 0.117. The molecular formula is C14H23NOS. The van der Waals surface area contributed by atoms with Gasteiger partial charge < -0.3 is 10.1 Å². The van der Waals surface area contributed by atoms with E-state index in [0.717, 1.165) is 19.6 Å². The predicted octanol–water partition coefficient (Wildman–Crippen LogP) is 3.08. The van der Waals surface area contributed by atoms with Crippen molar-refractivity contribution in [3.63, 3.8) is 0 Å². The summed E-state index contributed by atoms with van der Waals surface area (Å²) in [6.45, 7) is 6.44. The SMILES string of the molecule is CCCNC(Cc1ccsc1)C1COC(C)C1. The molecule has 0 aromatic carbocycles. The highest BCUT2D eigenvalue weighted by Crippen LogP contribution is 2.25. The highest BCUT2D eigenvalue weighted by atomic mass is 32.1. The van der Waals surface area contributed by atoms with E-state index in [-0.39, 0.29) is 0 Å². The zero-order valence-electron chi connectivity index (χ0n) is 10.8. The van der Waals surface area contributed by atoms with Crippen molar-refractivity contribution >= 4 is 11.3 Å². The Kier molecular flexibility index (Phi) is 5.01. The summed E-state index contributed by atoms with van der Waals surface area (Å²) < 4.78 is 5.71. The standard InChI is InChI=1S/C14H23NOS/c1-3-5-15-14(8-12-4-6-17-10-12)13-7-11(2)16-9-13/h4,6,10-11,13-15H,3,5,7-9H2,1-2H3. The zero-order valence-corrected chi connectivity index (χ0v) is 11.6. The number of rotatable bonds is 6. The van der Waals surface area contributed by atoms with Crippen molar-refractivity contribution in [3.05, 3.63) is 22.4 Å². The van der Waals surface area contributed by atoms with E-state index < -0.39 is 0 Å². The average Bonchev–Trinajstić information content (AvgIpc) is 2.95. The Morgan fingerprint density at radius 3 is 3.06 bits per heavy atom. The van der Waals surface area contributed by atoms with Crippen LogP contribution in [-0.2, 0) is 11.2 Å². The molecule has 0 radical (unpaired) electrons. The van der Waals surface area contributed by atoms with Crippen molar-refractivity contribution in [2.45, 2.75) is 45.3 Å². The molecule has 1 aliphatic rings. The third-order valence-corrected chi connectivity index (χ3v) is 4.22. The second-order valence-electron chi connectivity index (χ2n) is 5.04. The molecule has 3 atom stereocenters. The lowest BCUT2D eigenvalue weighted by atomic mass is 9.92. The van der Waals surface area contributed by atoms with Crippen molar-refractivity contribution in [1.82, 2.24) is 5.32 Å². The Morgan fingerprint density at radius 1 is 1.59 bits per heavy atom. The van der Waals surface area contributed by atoms with Crippen LogP contribution in [0.1, 0.15) is 32.3 Å². The fraction of sp³-hybridized carbons (Fsp3) is 0.714. The van der Waals surface area contributed by atoms with Crippen LogP contribution in [0.25, 0.3) is 0 Å². The molecule has 2 rings (SSSR count). The van der Waals surface area contributed by atoms with Crippen LogP contribution < -0.4 is 5.32 Å². The van der Waals surface area contributed by atoms with Crippen LogP contribution in [0, 0.1) is 5.92 Å². The molecule has 1 saturated heterocycles. The molecule has 17 heavy (non-hydrogen) atoms. The van der Waals surface area contributed by atoms with E-state index in [4.69, 9.17) is 4.74 Å². The van der Waals surface area contributed by atoms with Crippen LogP contribution in [0.3, 0.4) is 0 Å². The molecule has 2 heterocycles. The first-order valence-electron chi connectivity index (χ1n) is 6.65. The van der Waals surface area contributed by atoms with E-state index in [1.165, 1.54) is 18.4 Å². The summed E-state index contributed by atoms with van der Waals surface area (Å²) in [5.41, 5.74) is 1.46. The van der Waals surface area contributed by atoms with Gasteiger partial charge >= 0.3 is 0 Å². The van der Waals surface area contributed by atoms with Crippen LogP contribution in [0.5, 0.6) is 0 Å². The monoisotopic (exact) mass is 253 g/mol. The Labute approximate surface area is 108 Å². The first kappa shape index (κ1) is 13.1. The minimum atomic E-state index is 0.438. The number of ether oxygens (including phenoxy) is 1. The number of hydrogen-bond acceptors (Lipinski definition) is 3. The van der Waals surface area contributed by atoms with Gasteiger partial charge in [0.25, 0.3) is 0 Å². The first-order chi connectivity index (χ1) is 8.29. The van der Waals surface area contributed by atoms with Gasteiger partial charge in [0.05, 0.1) is 12.7 Å². The van der Waals surface area contributed by atoms with E-state index >= 15 is 0 Å². The Bertz CT molecular complexity index is 312. The summed E-state index contributed by atoms with van der Waals surface area (Å²) in [5, 5.41) is 8.13. The Morgan fingerprint density at radius 2 is 2.47 bits per heavy atom. The molecule has 96 valence electrons. The maximum atomic E-state index is 5.71. The second kappa shape index (κ2) is 6.53. The number of hydrogen-bond donors (Lipinski definition) is 1. The third kappa shape index (κ3) is 3.80. The molecule has 1 aromatic heterocycles. The molecule has 0 spiro atoms. The molecule has 0 aliphatic carbocycles. The normalized spacial score (nSPS) is 26.2. The largest absolute Gasteiger partial charge is 0.378 e. The quantitative estimate of drug-likeness (QED) is 0.841. The molecule has 1 fully saturated rings. The minimum Gasteiger partial charge on any atom is -0.378 e. The predicted molar refractivity (Wildman–Crippen MR) is 73.6 cm³/mol. The molecular weight excluding hydrogens is 230 g/mol.